The summed E-state index contributed by atoms with van der Waals surface area (Å²) in [6.07, 6.45) is 6.28. The van der Waals surface area contributed by atoms with E-state index in [1.807, 2.05) is 0 Å². The van der Waals surface area contributed by atoms with Crippen LogP contribution >= 0.6 is 0 Å². The number of halogens is 1. The van der Waals surface area contributed by atoms with Crippen LogP contribution in [0.4, 0.5) is 4.39 Å². The molecule has 1 aromatic heterocycles. The third-order valence-corrected chi connectivity index (χ3v) is 1.28. The fraction of sp³-hybridized carbons (Fsp3) is 0.125. The summed E-state index contributed by atoms with van der Waals surface area (Å²) in [7, 11) is 0. The molecule has 0 amide bonds. The van der Waals surface area contributed by atoms with Crippen molar-refractivity contribution in [2.24, 2.45) is 0 Å². The molecule has 0 fully saturated rings. The Morgan fingerprint density at radius 1 is 1.73 bits per heavy atom. The standard InChI is InChI=1S/C8H6FNO/c1-2-6-4-10-8(9)3-7(6)5-11/h1,3-4,11H,5H2. The summed E-state index contributed by atoms with van der Waals surface area (Å²) in [5, 5.41) is 8.68. The van der Waals surface area contributed by atoms with E-state index in [4.69, 9.17) is 11.5 Å². The average molecular weight is 151 g/mol. The molecule has 1 rings (SSSR count). The summed E-state index contributed by atoms with van der Waals surface area (Å²) >= 11 is 0. The minimum atomic E-state index is -0.631. The van der Waals surface area contributed by atoms with Crippen molar-refractivity contribution >= 4 is 0 Å². The van der Waals surface area contributed by atoms with E-state index in [0.29, 0.717) is 11.1 Å². The van der Waals surface area contributed by atoms with Crippen LogP contribution < -0.4 is 0 Å². The Kier molecular flexibility index (Phi) is 2.19. The highest BCUT2D eigenvalue weighted by atomic mass is 19.1. The van der Waals surface area contributed by atoms with Gasteiger partial charge in [-0.2, -0.15) is 4.39 Å². The molecular weight excluding hydrogens is 145 g/mol. The van der Waals surface area contributed by atoms with E-state index in [9.17, 15) is 4.39 Å². The minimum absolute atomic E-state index is 0.265. The molecule has 0 aromatic carbocycles. The highest BCUT2D eigenvalue weighted by Gasteiger charge is 2.00. The lowest BCUT2D eigenvalue weighted by Crippen LogP contribution is -1.93. The topological polar surface area (TPSA) is 33.1 Å². The molecule has 2 nitrogen and oxygen atoms in total. The van der Waals surface area contributed by atoms with Crippen molar-refractivity contribution in [3.05, 3.63) is 29.3 Å². The van der Waals surface area contributed by atoms with E-state index >= 15 is 0 Å². The molecule has 0 aliphatic heterocycles. The van der Waals surface area contributed by atoms with Gasteiger partial charge in [0.05, 0.1) is 6.61 Å². The van der Waals surface area contributed by atoms with Crippen molar-refractivity contribution in [1.82, 2.24) is 4.98 Å². The second-order valence-corrected chi connectivity index (χ2v) is 1.97. The lowest BCUT2D eigenvalue weighted by atomic mass is 10.1. The first kappa shape index (κ1) is 7.70. The van der Waals surface area contributed by atoms with Gasteiger partial charge in [0.1, 0.15) is 0 Å². The zero-order valence-corrected chi connectivity index (χ0v) is 5.71. The van der Waals surface area contributed by atoms with Crippen LogP contribution in [0, 0.1) is 18.3 Å². The van der Waals surface area contributed by atoms with Gasteiger partial charge in [0, 0.05) is 11.8 Å². The van der Waals surface area contributed by atoms with Crippen molar-refractivity contribution in [1.29, 1.82) is 0 Å². The number of rotatable bonds is 1. The molecule has 56 valence electrons. The molecule has 0 aliphatic rings. The Morgan fingerprint density at radius 3 is 3.00 bits per heavy atom. The van der Waals surface area contributed by atoms with Crippen LogP contribution in [0.25, 0.3) is 0 Å². The van der Waals surface area contributed by atoms with Crippen LogP contribution in [0.3, 0.4) is 0 Å². The van der Waals surface area contributed by atoms with Gasteiger partial charge in [0.15, 0.2) is 0 Å². The SMILES string of the molecule is C#Cc1cnc(F)cc1CO. The van der Waals surface area contributed by atoms with Crippen LogP contribution in [0.15, 0.2) is 12.3 Å². The number of pyridine rings is 1. The van der Waals surface area contributed by atoms with Gasteiger partial charge in [-0.05, 0) is 11.6 Å². The lowest BCUT2D eigenvalue weighted by Gasteiger charge is -1.98. The first-order chi connectivity index (χ1) is 5.27. The maximum Gasteiger partial charge on any atom is 0.213 e. The van der Waals surface area contributed by atoms with Crippen molar-refractivity contribution in [2.45, 2.75) is 6.61 Å². The second-order valence-electron chi connectivity index (χ2n) is 1.97. The summed E-state index contributed by atoms with van der Waals surface area (Å²) in [4.78, 5) is 3.34. The van der Waals surface area contributed by atoms with E-state index in [2.05, 4.69) is 10.9 Å². The third kappa shape index (κ3) is 1.54. The Balaban J connectivity index is 3.19. The van der Waals surface area contributed by atoms with Gasteiger partial charge in [0.2, 0.25) is 5.95 Å². The van der Waals surface area contributed by atoms with Gasteiger partial charge in [-0.15, -0.1) is 6.42 Å². The molecule has 0 atom stereocenters. The fourth-order valence-electron chi connectivity index (χ4n) is 0.729. The molecule has 0 unspecified atom stereocenters. The Hall–Kier alpha value is -1.40. The average Bonchev–Trinajstić information content (AvgIpc) is 2.04. The fourth-order valence-corrected chi connectivity index (χ4v) is 0.729. The maximum atomic E-state index is 12.4. The third-order valence-electron chi connectivity index (χ3n) is 1.28. The lowest BCUT2D eigenvalue weighted by molar-refractivity contribution is 0.280. The van der Waals surface area contributed by atoms with Gasteiger partial charge in [-0.1, -0.05) is 5.92 Å². The molecule has 0 radical (unpaired) electrons. The van der Waals surface area contributed by atoms with Crippen LogP contribution in [-0.4, -0.2) is 10.1 Å². The molecule has 0 saturated heterocycles. The Bertz CT molecular complexity index is 303. The van der Waals surface area contributed by atoms with E-state index in [1.165, 1.54) is 6.20 Å². The van der Waals surface area contributed by atoms with Gasteiger partial charge in [0.25, 0.3) is 0 Å². The molecule has 3 heteroatoms. The summed E-state index contributed by atoms with van der Waals surface area (Å²) in [6, 6.07) is 1.12. The summed E-state index contributed by atoms with van der Waals surface area (Å²) in [5.74, 6) is 1.65. The number of terminal acetylenes is 1. The quantitative estimate of drug-likeness (QED) is 0.473. The molecule has 1 heterocycles. The molecule has 0 bridgehead atoms. The van der Waals surface area contributed by atoms with Gasteiger partial charge in [-0.3, -0.25) is 0 Å². The number of aliphatic hydroxyl groups excluding tert-OH is 1. The predicted molar refractivity (Wildman–Crippen MR) is 38.1 cm³/mol. The minimum Gasteiger partial charge on any atom is -0.392 e. The zero-order valence-electron chi connectivity index (χ0n) is 5.71. The number of aromatic nitrogens is 1. The highest BCUT2D eigenvalue weighted by Crippen LogP contribution is 2.06. The smallest absolute Gasteiger partial charge is 0.213 e. The predicted octanol–water partition coefficient (Wildman–Crippen LogP) is 0.694. The van der Waals surface area contributed by atoms with Crippen molar-refractivity contribution < 1.29 is 9.50 Å². The summed E-state index contributed by atoms with van der Waals surface area (Å²) < 4.78 is 12.4. The molecule has 0 aliphatic carbocycles. The molecule has 1 aromatic rings. The zero-order chi connectivity index (χ0) is 8.27. The molecule has 0 saturated carbocycles. The first-order valence-corrected chi connectivity index (χ1v) is 3.00. The van der Waals surface area contributed by atoms with Crippen LogP contribution in [-0.2, 0) is 6.61 Å². The van der Waals surface area contributed by atoms with Crippen molar-refractivity contribution in [3.63, 3.8) is 0 Å². The number of nitrogens with zero attached hydrogens (tertiary/aromatic N) is 1. The van der Waals surface area contributed by atoms with Gasteiger partial charge in [-0.25, -0.2) is 4.98 Å². The van der Waals surface area contributed by atoms with Crippen molar-refractivity contribution in [2.75, 3.05) is 0 Å². The molecular formula is C8H6FNO. The van der Waals surface area contributed by atoms with Gasteiger partial charge < -0.3 is 5.11 Å². The number of aliphatic hydroxyl groups is 1. The molecule has 1 N–H and O–H groups in total. The maximum absolute atomic E-state index is 12.4. The largest absolute Gasteiger partial charge is 0.392 e. The summed E-state index contributed by atoms with van der Waals surface area (Å²) in [5.41, 5.74) is 0.814. The van der Waals surface area contributed by atoms with Crippen molar-refractivity contribution in [3.8, 4) is 12.3 Å². The Morgan fingerprint density at radius 2 is 2.45 bits per heavy atom. The second kappa shape index (κ2) is 3.13. The van der Waals surface area contributed by atoms with E-state index in [1.54, 1.807) is 0 Å². The van der Waals surface area contributed by atoms with E-state index in [0.717, 1.165) is 6.07 Å². The Labute approximate surface area is 63.7 Å². The molecule has 11 heavy (non-hydrogen) atoms. The normalized spacial score (nSPS) is 9.18. The monoisotopic (exact) mass is 151 g/mol. The van der Waals surface area contributed by atoms with Gasteiger partial charge >= 0.3 is 0 Å². The van der Waals surface area contributed by atoms with Crippen LogP contribution in [0.1, 0.15) is 11.1 Å². The molecule has 0 spiro atoms. The summed E-state index contributed by atoms with van der Waals surface area (Å²) in [6.45, 7) is -0.265. The van der Waals surface area contributed by atoms with E-state index in [-0.39, 0.29) is 6.61 Å². The number of hydrogen-bond donors (Lipinski definition) is 1. The first-order valence-electron chi connectivity index (χ1n) is 3.00. The number of hydrogen-bond acceptors (Lipinski definition) is 2. The van der Waals surface area contributed by atoms with E-state index < -0.39 is 5.95 Å². The highest BCUT2D eigenvalue weighted by molar-refractivity contribution is 5.36. The van der Waals surface area contributed by atoms with Crippen LogP contribution in [0.2, 0.25) is 0 Å². The van der Waals surface area contributed by atoms with Crippen LogP contribution in [0.5, 0.6) is 0 Å².